The fraction of sp³-hybridized carbons (Fsp3) is 0.561. The predicted octanol–water partition coefficient (Wildman–Crippen LogP) is 6.51. The van der Waals surface area contributed by atoms with Crippen LogP contribution in [0.15, 0.2) is 48.7 Å². The molecule has 2 atom stereocenters. The third-order valence-electron chi connectivity index (χ3n) is 10.8. The van der Waals surface area contributed by atoms with Gasteiger partial charge in [0, 0.05) is 62.1 Å². The summed E-state index contributed by atoms with van der Waals surface area (Å²) in [5, 5.41) is 14.9. The first-order chi connectivity index (χ1) is 25.5. The third-order valence-corrected chi connectivity index (χ3v) is 10.8. The second-order valence-corrected chi connectivity index (χ2v) is 17.1. The van der Waals surface area contributed by atoms with Gasteiger partial charge in [-0.05, 0) is 63.4 Å². The molecule has 13 nitrogen and oxygen atoms in total. The molecule has 54 heavy (non-hydrogen) atoms. The van der Waals surface area contributed by atoms with E-state index < -0.39 is 6.03 Å². The van der Waals surface area contributed by atoms with Crippen LogP contribution >= 0.6 is 0 Å². The minimum absolute atomic E-state index is 0.127. The minimum atomic E-state index is -0.397. The van der Waals surface area contributed by atoms with E-state index in [1.807, 2.05) is 61.7 Å². The summed E-state index contributed by atoms with van der Waals surface area (Å²) in [5.41, 5.74) is 2.60. The number of piperazine rings is 1. The van der Waals surface area contributed by atoms with Crippen molar-refractivity contribution in [2.24, 2.45) is 0 Å². The molecule has 0 unspecified atom stereocenters. The maximum Gasteiger partial charge on any atom is 0.320 e. The van der Waals surface area contributed by atoms with Crippen molar-refractivity contribution in [3.63, 3.8) is 0 Å². The Kier molecular flexibility index (Phi) is 11.4. The smallest absolute Gasteiger partial charge is 0.320 e. The molecule has 6 rings (SSSR count). The van der Waals surface area contributed by atoms with Crippen LogP contribution in [0.5, 0.6) is 5.75 Å². The van der Waals surface area contributed by atoms with Crippen LogP contribution in [0.2, 0.25) is 0 Å². The number of anilines is 1. The quantitative estimate of drug-likeness (QED) is 0.155. The lowest BCUT2D eigenvalue weighted by Gasteiger charge is -2.43. The van der Waals surface area contributed by atoms with Gasteiger partial charge in [0.05, 0.1) is 24.5 Å². The second kappa shape index (κ2) is 15.7. The van der Waals surface area contributed by atoms with E-state index in [2.05, 4.69) is 81.4 Å². The fourth-order valence-corrected chi connectivity index (χ4v) is 7.45. The Hall–Kier alpha value is -4.46. The Morgan fingerprint density at radius 2 is 1.63 bits per heavy atom. The molecule has 2 aliphatic rings. The molecule has 4 heterocycles. The molecule has 0 saturated carbocycles. The van der Waals surface area contributed by atoms with Crippen LogP contribution in [0.4, 0.5) is 10.6 Å². The SMILES string of the molecule is COCC(C)(C)c1nnc2ccc(O[C@@H]3CC[C@H](NC(=O)Nc4cc(C(C)(C)C)nc(C(=O)CCC(C)(C)N5CCN(C)CC5)n4)c4ccccc43)cn12. The molecular weight excluding hydrogens is 683 g/mol. The van der Waals surface area contributed by atoms with Gasteiger partial charge in [0.2, 0.25) is 0 Å². The lowest BCUT2D eigenvalue weighted by molar-refractivity contribution is 0.0535. The van der Waals surface area contributed by atoms with Crippen LogP contribution in [-0.4, -0.2) is 98.7 Å². The van der Waals surface area contributed by atoms with E-state index in [4.69, 9.17) is 9.47 Å². The molecule has 2 N–H and O–H groups in total. The number of hydrogen-bond donors (Lipinski definition) is 2. The summed E-state index contributed by atoms with van der Waals surface area (Å²) in [6.07, 6.45) is 4.09. The van der Waals surface area contributed by atoms with E-state index in [9.17, 15) is 9.59 Å². The van der Waals surface area contributed by atoms with E-state index in [0.29, 0.717) is 49.6 Å². The van der Waals surface area contributed by atoms with Crippen LogP contribution in [0.3, 0.4) is 0 Å². The average molecular weight is 740 g/mol. The molecule has 13 heteroatoms. The summed E-state index contributed by atoms with van der Waals surface area (Å²) in [7, 11) is 3.82. The van der Waals surface area contributed by atoms with Crippen molar-refractivity contribution < 1.29 is 19.1 Å². The van der Waals surface area contributed by atoms with Gasteiger partial charge in [0.1, 0.15) is 23.5 Å². The number of nitrogens with zero attached hydrogens (tertiary/aromatic N) is 7. The van der Waals surface area contributed by atoms with Crippen molar-refractivity contribution in [2.45, 2.75) is 103 Å². The van der Waals surface area contributed by atoms with E-state index in [-0.39, 0.29) is 40.1 Å². The molecule has 1 aliphatic carbocycles. The first-order valence-corrected chi connectivity index (χ1v) is 19.1. The van der Waals surface area contributed by atoms with Gasteiger partial charge in [-0.3, -0.25) is 19.4 Å². The van der Waals surface area contributed by atoms with Crippen molar-refractivity contribution in [1.29, 1.82) is 0 Å². The number of ether oxygens (including phenoxy) is 2. The zero-order chi connectivity index (χ0) is 38.8. The number of ketones is 1. The first kappa shape index (κ1) is 39.2. The molecule has 3 aromatic heterocycles. The Morgan fingerprint density at radius 3 is 2.33 bits per heavy atom. The number of pyridine rings is 1. The zero-order valence-corrected chi connectivity index (χ0v) is 33.4. The van der Waals surface area contributed by atoms with Gasteiger partial charge in [-0.2, -0.15) is 0 Å². The maximum atomic E-state index is 13.6. The summed E-state index contributed by atoms with van der Waals surface area (Å²) in [4.78, 5) is 41.2. The molecule has 1 saturated heterocycles. The van der Waals surface area contributed by atoms with E-state index >= 15 is 0 Å². The van der Waals surface area contributed by atoms with Gasteiger partial charge in [-0.25, -0.2) is 14.8 Å². The van der Waals surface area contributed by atoms with Gasteiger partial charge in [0.15, 0.2) is 17.3 Å². The van der Waals surface area contributed by atoms with Crippen LogP contribution < -0.4 is 15.4 Å². The monoisotopic (exact) mass is 739 g/mol. The predicted molar refractivity (Wildman–Crippen MR) is 209 cm³/mol. The summed E-state index contributed by atoms with van der Waals surface area (Å²) in [6.45, 7) is 19.1. The van der Waals surface area contributed by atoms with Crippen LogP contribution in [0, 0.1) is 0 Å². The van der Waals surface area contributed by atoms with E-state index in [1.54, 1.807) is 13.2 Å². The molecular formula is C41H57N9O4. The number of rotatable bonds is 12. The third kappa shape index (κ3) is 8.90. The molecule has 0 spiro atoms. The number of carbonyl (C=O) groups excluding carboxylic acids is 2. The second-order valence-electron chi connectivity index (χ2n) is 17.1. The number of hydrogen-bond acceptors (Lipinski definition) is 10. The maximum absolute atomic E-state index is 13.6. The van der Waals surface area contributed by atoms with Gasteiger partial charge < -0.3 is 19.7 Å². The highest BCUT2D eigenvalue weighted by Crippen LogP contribution is 2.39. The fourth-order valence-electron chi connectivity index (χ4n) is 7.45. The Morgan fingerprint density at radius 1 is 0.907 bits per heavy atom. The standard InChI is InChI=1S/C41H57N9O4/c1-39(2,3)33-24-34(44-36(43-33)31(51)18-19-41(6,7)49-22-20-48(8)21-23-49)45-38(52)42-30-15-16-32(29-13-11-10-12-28(29)30)54-27-14-17-35-46-47-37(50(35)25-27)40(4,5)26-53-9/h10-14,17,24-25,30,32H,15-16,18-23,26H2,1-9H3,(H2,42,43,44,45,52)/t30-,32+/m0/s1. The summed E-state index contributed by atoms with van der Waals surface area (Å²) in [6, 6.07) is 13.0. The van der Waals surface area contributed by atoms with Crippen molar-refractivity contribution in [3.8, 4) is 5.75 Å². The molecule has 1 aliphatic heterocycles. The molecule has 0 radical (unpaired) electrons. The van der Waals surface area contributed by atoms with Gasteiger partial charge in [-0.1, -0.05) is 58.9 Å². The van der Waals surface area contributed by atoms with Gasteiger partial charge in [-0.15, -0.1) is 10.2 Å². The molecule has 1 fully saturated rings. The van der Waals surface area contributed by atoms with Crippen molar-refractivity contribution >= 4 is 23.3 Å². The molecule has 1 aromatic carbocycles. The minimum Gasteiger partial charge on any atom is -0.484 e. The Balaban J connectivity index is 1.14. The highest BCUT2D eigenvalue weighted by molar-refractivity contribution is 5.94. The Bertz CT molecular complexity index is 1960. The number of likely N-dealkylation sites (N-methyl/N-ethyl adjacent to an activating group) is 1. The highest BCUT2D eigenvalue weighted by Gasteiger charge is 2.33. The number of amides is 2. The van der Waals surface area contributed by atoms with E-state index in [1.165, 1.54) is 0 Å². The van der Waals surface area contributed by atoms with Crippen LogP contribution in [0.25, 0.3) is 5.65 Å². The van der Waals surface area contributed by atoms with Crippen molar-refractivity contribution in [3.05, 3.63) is 77.1 Å². The summed E-state index contributed by atoms with van der Waals surface area (Å²) < 4.78 is 14.0. The number of benzene rings is 1. The van der Waals surface area contributed by atoms with Crippen LogP contribution in [0.1, 0.15) is 120 Å². The number of aromatic nitrogens is 5. The number of methoxy groups -OCH3 is 1. The number of nitrogens with one attached hydrogen (secondary N) is 2. The number of fused-ring (bicyclic) bond motifs is 2. The molecule has 290 valence electrons. The number of Topliss-reactive ketones (excluding diaryl/α,β-unsaturated/α-hetero) is 1. The Labute approximate surface area is 319 Å². The average Bonchev–Trinajstić information content (AvgIpc) is 3.56. The topological polar surface area (TPSA) is 139 Å². The number of carbonyl (C=O) groups is 2. The summed E-state index contributed by atoms with van der Waals surface area (Å²) >= 11 is 0. The largest absolute Gasteiger partial charge is 0.484 e. The first-order valence-electron chi connectivity index (χ1n) is 19.1. The van der Waals surface area contributed by atoms with E-state index in [0.717, 1.165) is 48.8 Å². The van der Waals surface area contributed by atoms with Gasteiger partial charge >= 0.3 is 6.03 Å². The van der Waals surface area contributed by atoms with Crippen LogP contribution in [-0.2, 0) is 15.6 Å². The molecule has 4 aromatic rings. The van der Waals surface area contributed by atoms with Crippen molar-refractivity contribution in [1.82, 2.24) is 39.7 Å². The molecule has 0 bridgehead atoms. The highest BCUT2D eigenvalue weighted by atomic mass is 16.5. The molecule has 2 amide bonds. The normalized spacial score (nSPS) is 18.7. The lowest BCUT2D eigenvalue weighted by Crippen LogP contribution is -2.53. The zero-order valence-electron chi connectivity index (χ0n) is 33.4. The van der Waals surface area contributed by atoms with Gasteiger partial charge in [0.25, 0.3) is 0 Å². The lowest BCUT2D eigenvalue weighted by atomic mass is 9.85. The van der Waals surface area contributed by atoms with Crippen molar-refractivity contribution in [2.75, 3.05) is 52.3 Å². The number of urea groups is 1. The summed E-state index contributed by atoms with van der Waals surface area (Å²) in [5.74, 6) is 1.81.